The van der Waals surface area contributed by atoms with Gasteiger partial charge in [-0.15, -0.1) is 6.58 Å². The first kappa shape index (κ1) is 16.5. The van der Waals surface area contributed by atoms with Gasteiger partial charge in [0.25, 0.3) is 0 Å². The minimum Gasteiger partial charge on any atom is -0.303 e. The molecule has 0 aromatic heterocycles. The SMILES string of the molecule is C=C(C)CCC[C@]1(C)CCC[C@@H]2C1=CC[C@@H](C)[C@@]2(C)C=O. The van der Waals surface area contributed by atoms with Crippen molar-refractivity contribution in [1.82, 2.24) is 0 Å². The summed E-state index contributed by atoms with van der Waals surface area (Å²) in [6, 6.07) is 0. The molecular weight excluding hydrogens is 256 g/mol. The van der Waals surface area contributed by atoms with Crippen LogP contribution in [0.15, 0.2) is 23.8 Å². The van der Waals surface area contributed by atoms with Gasteiger partial charge in [0.05, 0.1) is 0 Å². The van der Waals surface area contributed by atoms with E-state index in [2.05, 4.69) is 40.3 Å². The standard InChI is InChI=1S/C20H32O/c1-15(2)8-6-12-19(4)13-7-9-18-17(19)11-10-16(3)20(18,5)14-21/h11,14,16,18H,1,6-10,12-13H2,2-5H3/t16-,18-,19-,20-/m1/s1. The van der Waals surface area contributed by atoms with Crippen molar-refractivity contribution in [3.05, 3.63) is 23.8 Å². The Morgan fingerprint density at radius 3 is 2.81 bits per heavy atom. The molecule has 1 heteroatoms. The number of fused-ring (bicyclic) bond motifs is 1. The van der Waals surface area contributed by atoms with Gasteiger partial charge in [-0.2, -0.15) is 0 Å². The molecule has 118 valence electrons. The zero-order chi connectivity index (χ0) is 15.7. The maximum absolute atomic E-state index is 11.8. The Hall–Kier alpha value is -0.850. The van der Waals surface area contributed by atoms with Gasteiger partial charge in [0.1, 0.15) is 6.29 Å². The van der Waals surface area contributed by atoms with Crippen molar-refractivity contribution in [3.8, 4) is 0 Å². The number of hydrogen-bond acceptors (Lipinski definition) is 1. The Morgan fingerprint density at radius 2 is 2.19 bits per heavy atom. The number of rotatable bonds is 5. The molecule has 0 aromatic rings. The molecule has 0 unspecified atom stereocenters. The van der Waals surface area contributed by atoms with Crippen LogP contribution in [0.3, 0.4) is 0 Å². The summed E-state index contributed by atoms with van der Waals surface area (Å²) in [4.78, 5) is 11.8. The van der Waals surface area contributed by atoms with Gasteiger partial charge in [0, 0.05) is 5.41 Å². The van der Waals surface area contributed by atoms with Gasteiger partial charge in [-0.05, 0) is 62.7 Å². The molecule has 0 spiro atoms. The Kier molecular flexibility index (Phi) is 4.80. The first-order valence-corrected chi connectivity index (χ1v) is 8.65. The minimum absolute atomic E-state index is 0.153. The van der Waals surface area contributed by atoms with Crippen molar-refractivity contribution in [2.24, 2.45) is 22.7 Å². The van der Waals surface area contributed by atoms with E-state index in [1.54, 1.807) is 5.57 Å². The molecule has 4 atom stereocenters. The maximum atomic E-state index is 11.8. The third-order valence-electron chi connectivity index (χ3n) is 6.38. The fourth-order valence-corrected chi connectivity index (χ4v) is 4.60. The van der Waals surface area contributed by atoms with Crippen LogP contribution in [0.4, 0.5) is 0 Å². The molecule has 0 N–H and O–H groups in total. The van der Waals surface area contributed by atoms with Crippen LogP contribution < -0.4 is 0 Å². The lowest BCUT2D eigenvalue weighted by molar-refractivity contribution is -0.122. The van der Waals surface area contributed by atoms with E-state index >= 15 is 0 Å². The minimum atomic E-state index is -0.153. The summed E-state index contributed by atoms with van der Waals surface area (Å²) >= 11 is 0. The van der Waals surface area contributed by atoms with Crippen LogP contribution >= 0.6 is 0 Å². The van der Waals surface area contributed by atoms with Crippen LogP contribution in [0.2, 0.25) is 0 Å². The maximum Gasteiger partial charge on any atom is 0.126 e. The number of hydrogen-bond donors (Lipinski definition) is 0. The van der Waals surface area contributed by atoms with Gasteiger partial charge in [-0.3, -0.25) is 0 Å². The monoisotopic (exact) mass is 288 g/mol. The normalized spacial score (nSPS) is 39.3. The summed E-state index contributed by atoms with van der Waals surface area (Å²) in [7, 11) is 0. The molecule has 0 bridgehead atoms. The lowest BCUT2D eigenvalue weighted by Gasteiger charge is -2.51. The summed E-state index contributed by atoms with van der Waals surface area (Å²) in [5.74, 6) is 0.948. The predicted molar refractivity (Wildman–Crippen MR) is 90.1 cm³/mol. The second-order valence-corrected chi connectivity index (χ2v) is 8.10. The highest BCUT2D eigenvalue weighted by Crippen LogP contribution is 2.57. The molecule has 0 aliphatic heterocycles. The van der Waals surface area contributed by atoms with Crippen molar-refractivity contribution in [2.75, 3.05) is 0 Å². The zero-order valence-corrected chi connectivity index (χ0v) is 14.4. The number of allylic oxidation sites excluding steroid dienone is 3. The van der Waals surface area contributed by atoms with E-state index < -0.39 is 0 Å². The van der Waals surface area contributed by atoms with Crippen LogP contribution in [-0.4, -0.2) is 6.29 Å². The van der Waals surface area contributed by atoms with Crippen LogP contribution in [0, 0.1) is 22.7 Å². The molecule has 1 saturated carbocycles. The van der Waals surface area contributed by atoms with E-state index in [0.717, 1.165) is 12.8 Å². The lowest BCUT2D eigenvalue weighted by atomic mass is 9.52. The van der Waals surface area contributed by atoms with E-state index in [0.29, 0.717) is 17.3 Å². The van der Waals surface area contributed by atoms with Crippen LogP contribution in [0.25, 0.3) is 0 Å². The molecule has 0 aromatic carbocycles. The highest BCUT2D eigenvalue weighted by Gasteiger charge is 2.49. The number of carbonyl (C=O) groups is 1. The van der Waals surface area contributed by atoms with Crippen molar-refractivity contribution in [3.63, 3.8) is 0 Å². The molecule has 1 nitrogen and oxygen atoms in total. The lowest BCUT2D eigenvalue weighted by Crippen LogP contribution is -2.45. The summed E-state index contributed by atoms with van der Waals surface area (Å²) in [5, 5.41) is 0. The van der Waals surface area contributed by atoms with E-state index in [4.69, 9.17) is 0 Å². The highest BCUT2D eigenvalue weighted by atomic mass is 16.1. The topological polar surface area (TPSA) is 17.1 Å². The van der Waals surface area contributed by atoms with Gasteiger partial charge < -0.3 is 4.79 Å². The molecule has 0 amide bonds. The third-order valence-corrected chi connectivity index (χ3v) is 6.38. The first-order valence-electron chi connectivity index (χ1n) is 8.65. The summed E-state index contributed by atoms with van der Waals surface area (Å²) in [6.07, 6.45) is 12.2. The van der Waals surface area contributed by atoms with Gasteiger partial charge >= 0.3 is 0 Å². The summed E-state index contributed by atoms with van der Waals surface area (Å²) in [5.41, 5.74) is 3.04. The van der Waals surface area contributed by atoms with Gasteiger partial charge in [0.15, 0.2) is 0 Å². The van der Waals surface area contributed by atoms with Crippen LogP contribution in [-0.2, 0) is 4.79 Å². The second-order valence-electron chi connectivity index (χ2n) is 8.10. The van der Waals surface area contributed by atoms with E-state index in [-0.39, 0.29) is 5.41 Å². The molecular formula is C20H32O. The molecule has 0 heterocycles. The van der Waals surface area contributed by atoms with Crippen molar-refractivity contribution < 1.29 is 4.79 Å². The third kappa shape index (κ3) is 3.03. The number of aldehydes is 1. The average molecular weight is 288 g/mol. The molecule has 1 fully saturated rings. The van der Waals surface area contributed by atoms with E-state index in [9.17, 15) is 4.79 Å². The fourth-order valence-electron chi connectivity index (χ4n) is 4.60. The Bertz CT molecular complexity index is 447. The number of carbonyl (C=O) groups excluding carboxylic acids is 1. The molecule has 2 rings (SSSR count). The summed E-state index contributed by atoms with van der Waals surface area (Å²) < 4.78 is 0. The van der Waals surface area contributed by atoms with Crippen molar-refractivity contribution in [2.45, 2.75) is 72.6 Å². The second kappa shape index (κ2) is 6.10. The van der Waals surface area contributed by atoms with Crippen LogP contribution in [0.5, 0.6) is 0 Å². The van der Waals surface area contributed by atoms with E-state index in [1.165, 1.54) is 44.0 Å². The predicted octanol–water partition coefficient (Wildman–Crippen LogP) is 5.71. The Balaban J connectivity index is 2.22. The Morgan fingerprint density at radius 1 is 1.48 bits per heavy atom. The zero-order valence-electron chi connectivity index (χ0n) is 14.4. The molecule has 0 saturated heterocycles. The average Bonchev–Trinajstić information content (AvgIpc) is 2.43. The Labute approximate surface area is 130 Å². The van der Waals surface area contributed by atoms with Crippen LogP contribution in [0.1, 0.15) is 72.6 Å². The smallest absolute Gasteiger partial charge is 0.126 e. The van der Waals surface area contributed by atoms with Crippen molar-refractivity contribution >= 4 is 6.29 Å². The van der Waals surface area contributed by atoms with Gasteiger partial charge in [0.2, 0.25) is 0 Å². The van der Waals surface area contributed by atoms with Gasteiger partial charge in [-0.25, -0.2) is 0 Å². The molecule has 21 heavy (non-hydrogen) atoms. The molecule has 2 aliphatic rings. The molecule has 2 aliphatic carbocycles. The largest absolute Gasteiger partial charge is 0.303 e. The van der Waals surface area contributed by atoms with Gasteiger partial charge in [-0.1, -0.05) is 44.4 Å². The quantitative estimate of drug-likeness (QED) is 0.467. The fraction of sp³-hybridized carbons (Fsp3) is 0.750. The van der Waals surface area contributed by atoms with Crippen molar-refractivity contribution in [1.29, 1.82) is 0 Å². The molecule has 0 radical (unpaired) electrons. The highest BCUT2D eigenvalue weighted by molar-refractivity contribution is 5.62. The summed E-state index contributed by atoms with van der Waals surface area (Å²) in [6.45, 7) is 13.0. The first-order chi connectivity index (χ1) is 9.83. The van der Waals surface area contributed by atoms with E-state index in [1.807, 2.05) is 0 Å².